The van der Waals surface area contributed by atoms with Crippen molar-refractivity contribution in [2.24, 2.45) is 0 Å². The molecule has 3 aromatic rings. The normalized spacial score (nSPS) is 13.8. The van der Waals surface area contributed by atoms with E-state index in [1.807, 2.05) is 49.4 Å². The first-order valence-corrected chi connectivity index (χ1v) is 8.98. The highest BCUT2D eigenvalue weighted by molar-refractivity contribution is 5.87. The minimum absolute atomic E-state index is 0. The number of hydrogen-bond donors (Lipinski definition) is 1. The first-order chi connectivity index (χ1) is 13.3. The first kappa shape index (κ1) is 23.1. The summed E-state index contributed by atoms with van der Waals surface area (Å²) in [7, 11) is 1.77. The number of alkyl halides is 3. The molecule has 29 heavy (non-hydrogen) atoms. The van der Waals surface area contributed by atoms with E-state index in [1.54, 1.807) is 13.1 Å². The van der Waals surface area contributed by atoms with E-state index in [2.05, 4.69) is 0 Å². The quantitative estimate of drug-likeness (QED) is 0.418. The summed E-state index contributed by atoms with van der Waals surface area (Å²) in [6.07, 6.45) is -1.64. The molecule has 0 heterocycles. The maximum atomic E-state index is 12.8. The van der Waals surface area contributed by atoms with Crippen molar-refractivity contribution in [3.63, 3.8) is 0 Å². The van der Waals surface area contributed by atoms with E-state index in [-0.39, 0.29) is 35.9 Å². The summed E-state index contributed by atoms with van der Waals surface area (Å²) in [4.78, 5) is 13.2. The summed E-state index contributed by atoms with van der Waals surface area (Å²) in [6, 6.07) is 18.8. The highest BCUT2D eigenvalue weighted by Gasteiger charge is 2.30. The molecule has 0 aliphatic carbocycles. The number of halogens is 4. The zero-order valence-electron chi connectivity index (χ0n) is 16.0. The fraction of sp³-hybridized carbons (Fsp3) is 0.174. The lowest BCUT2D eigenvalue weighted by Gasteiger charge is -2.20. The molecule has 1 N–H and O–H groups in total. The van der Waals surface area contributed by atoms with Crippen molar-refractivity contribution in [1.82, 2.24) is 0 Å². The Morgan fingerprint density at radius 2 is 1.66 bits per heavy atom. The van der Waals surface area contributed by atoms with Crippen LogP contribution in [-0.2, 0) is 11.0 Å². The van der Waals surface area contributed by atoms with Gasteiger partial charge in [-0.1, -0.05) is 54.6 Å². The number of hydrogen-bond acceptors (Lipinski definition) is 1. The number of amides is 1. The second-order valence-electron chi connectivity index (χ2n) is 6.79. The molecular weight excluding hydrogens is 490 g/mol. The Bertz CT molecular complexity index is 1020. The Hall–Kier alpha value is -2.19. The van der Waals surface area contributed by atoms with Gasteiger partial charge < -0.3 is 24.0 Å². The SMILES string of the molecule is C[C@H](c1cccc2ccccc12)[NH+](C)C(=O)/C=C/c1cccc(C(F)(F)F)c1.[I-]. The van der Waals surface area contributed by atoms with Crippen molar-refractivity contribution in [3.8, 4) is 0 Å². The van der Waals surface area contributed by atoms with Gasteiger partial charge >= 0.3 is 12.1 Å². The van der Waals surface area contributed by atoms with Crippen LogP contribution in [0.3, 0.4) is 0 Å². The Kier molecular flexibility index (Phi) is 7.60. The molecular formula is C23H21F3INO. The van der Waals surface area contributed by atoms with Crippen LogP contribution < -0.4 is 28.9 Å². The maximum Gasteiger partial charge on any atom is 0.416 e. The summed E-state index contributed by atoms with van der Waals surface area (Å²) in [5, 5.41) is 2.19. The van der Waals surface area contributed by atoms with Gasteiger partial charge in [-0.15, -0.1) is 0 Å². The Morgan fingerprint density at radius 3 is 2.38 bits per heavy atom. The third kappa shape index (κ3) is 5.45. The Balaban J connectivity index is 0.00000300. The molecule has 1 amide bonds. The van der Waals surface area contributed by atoms with Crippen molar-refractivity contribution >= 4 is 22.8 Å². The molecule has 0 aromatic heterocycles. The van der Waals surface area contributed by atoms with E-state index in [1.165, 1.54) is 18.2 Å². The van der Waals surface area contributed by atoms with Gasteiger partial charge in [0.1, 0.15) is 6.04 Å². The fourth-order valence-electron chi connectivity index (χ4n) is 3.20. The lowest BCUT2D eigenvalue weighted by molar-refractivity contribution is -0.828. The van der Waals surface area contributed by atoms with Crippen LogP contribution in [0.1, 0.15) is 29.7 Å². The lowest BCUT2D eigenvalue weighted by Crippen LogP contribution is -3.11. The average molecular weight is 511 g/mol. The van der Waals surface area contributed by atoms with Crippen molar-refractivity contribution in [3.05, 3.63) is 89.5 Å². The molecule has 0 aliphatic rings. The van der Waals surface area contributed by atoms with Crippen LogP contribution in [0.5, 0.6) is 0 Å². The topological polar surface area (TPSA) is 21.5 Å². The number of rotatable bonds is 4. The van der Waals surface area contributed by atoms with E-state index in [0.29, 0.717) is 10.5 Å². The van der Waals surface area contributed by atoms with Crippen LogP contribution in [0.2, 0.25) is 0 Å². The average Bonchev–Trinajstić information content (AvgIpc) is 2.70. The van der Waals surface area contributed by atoms with Crippen molar-refractivity contribution in [2.45, 2.75) is 19.1 Å². The van der Waals surface area contributed by atoms with Gasteiger partial charge in [0.2, 0.25) is 0 Å². The second-order valence-corrected chi connectivity index (χ2v) is 6.79. The highest BCUT2D eigenvalue weighted by Crippen LogP contribution is 2.29. The summed E-state index contributed by atoms with van der Waals surface area (Å²) in [5.41, 5.74) is 0.664. The molecule has 0 spiro atoms. The molecule has 2 nitrogen and oxygen atoms in total. The van der Waals surface area contributed by atoms with Crippen LogP contribution in [-0.4, -0.2) is 13.0 Å². The molecule has 3 aromatic carbocycles. The van der Waals surface area contributed by atoms with E-state index in [9.17, 15) is 18.0 Å². The van der Waals surface area contributed by atoms with Gasteiger partial charge in [-0.2, -0.15) is 13.2 Å². The number of benzene rings is 3. The van der Waals surface area contributed by atoms with Crippen molar-refractivity contribution in [1.29, 1.82) is 0 Å². The van der Waals surface area contributed by atoms with Gasteiger partial charge in [0.25, 0.3) is 0 Å². The summed E-state index contributed by atoms with van der Waals surface area (Å²) in [6.45, 7) is 1.97. The minimum Gasteiger partial charge on any atom is -1.00 e. The molecule has 152 valence electrons. The standard InChI is InChI=1S/C23H20F3NO.HI/c1-16(20-12-6-9-18-8-3-4-11-21(18)20)27(2)22(28)14-13-17-7-5-10-19(15-17)23(24,25)26;/h3-16H,1-2H3;1H/b14-13+;/t16-;/m1./s1. The van der Waals surface area contributed by atoms with E-state index in [0.717, 1.165) is 28.5 Å². The predicted octanol–water partition coefficient (Wildman–Crippen LogP) is 1.68. The van der Waals surface area contributed by atoms with Gasteiger partial charge in [-0.3, -0.25) is 4.90 Å². The smallest absolute Gasteiger partial charge is 0.416 e. The van der Waals surface area contributed by atoms with Gasteiger partial charge in [-0.25, -0.2) is 4.79 Å². The van der Waals surface area contributed by atoms with Crippen molar-refractivity contribution in [2.75, 3.05) is 7.05 Å². The molecule has 0 aliphatic heterocycles. The molecule has 3 rings (SSSR count). The predicted molar refractivity (Wildman–Crippen MR) is 105 cm³/mol. The third-order valence-electron chi connectivity index (χ3n) is 4.97. The van der Waals surface area contributed by atoms with Gasteiger partial charge in [0, 0.05) is 11.6 Å². The second kappa shape index (κ2) is 9.54. The minimum atomic E-state index is -4.40. The number of likely N-dealkylation sites (N-methyl/N-ethyl adjacent to an activating group) is 1. The van der Waals surface area contributed by atoms with Crippen molar-refractivity contribution < 1.29 is 46.8 Å². The monoisotopic (exact) mass is 511 g/mol. The van der Waals surface area contributed by atoms with Gasteiger partial charge in [0.05, 0.1) is 12.6 Å². The largest absolute Gasteiger partial charge is 1.00 e. The number of carbonyl (C=O) groups is 1. The summed E-state index contributed by atoms with van der Waals surface area (Å²) >= 11 is 0. The Labute approximate surface area is 185 Å². The van der Waals surface area contributed by atoms with E-state index in [4.69, 9.17) is 0 Å². The number of quaternary nitrogens is 1. The van der Waals surface area contributed by atoms with Crippen LogP contribution in [0.25, 0.3) is 16.8 Å². The van der Waals surface area contributed by atoms with Crippen LogP contribution in [0.15, 0.2) is 72.8 Å². The fourth-order valence-corrected chi connectivity index (χ4v) is 3.20. The number of fused-ring (bicyclic) bond motifs is 1. The molecule has 1 unspecified atom stereocenters. The van der Waals surface area contributed by atoms with Crippen LogP contribution in [0.4, 0.5) is 13.2 Å². The van der Waals surface area contributed by atoms with Gasteiger partial charge in [0.15, 0.2) is 0 Å². The Morgan fingerprint density at radius 1 is 1.00 bits per heavy atom. The zero-order valence-corrected chi connectivity index (χ0v) is 18.2. The van der Waals surface area contributed by atoms with E-state index >= 15 is 0 Å². The van der Waals surface area contributed by atoms with Crippen LogP contribution >= 0.6 is 0 Å². The molecule has 2 atom stereocenters. The maximum absolute atomic E-state index is 12.8. The van der Waals surface area contributed by atoms with E-state index < -0.39 is 11.7 Å². The first-order valence-electron chi connectivity index (χ1n) is 8.98. The molecule has 0 saturated heterocycles. The lowest BCUT2D eigenvalue weighted by atomic mass is 9.99. The third-order valence-corrected chi connectivity index (χ3v) is 4.97. The summed E-state index contributed by atoms with van der Waals surface area (Å²) < 4.78 is 38.5. The number of nitrogens with one attached hydrogen (secondary N) is 1. The summed E-state index contributed by atoms with van der Waals surface area (Å²) in [5.74, 6) is -0.196. The molecule has 0 radical (unpaired) electrons. The molecule has 0 bridgehead atoms. The van der Waals surface area contributed by atoms with Crippen LogP contribution in [0, 0.1) is 0 Å². The highest BCUT2D eigenvalue weighted by atomic mass is 127. The molecule has 0 fully saturated rings. The molecule has 0 saturated carbocycles. The number of carbonyl (C=O) groups excluding carboxylic acids is 1. The zero-order chi connectivity index (χ0) is 20.3. The molecule has 6 heteroatoms. The van der Waals surface area contributed by atoms with Gasteiger partial charge in [-0.05, 0) is 41.5 Å².